The minimum absolute atomic E-state index is 0.244. The molecule has 0 unspecified atom stereocenters. The van der Waals surface area contributed by atoms with Gasteiger partial charge in [0.1, 0.15) is 5.82 Å². The lowest BCUT2D eigenvalue weighted by Gasteiger charge is -1.95. The molecule has 1 heterocycles. The number of furan rings is 1. The predicted molar refractivity (Wildman–Crippen MR) is 69.9 cm³/mol. The van der Waals surface area contributed by atoms with Gasteiger partial charge in [-0.2, -0.15) is 0 Å². The largest absolute Gasteiger partial charge is 0.471 e. The molecule has 3 heteroatoms. The molecular weight excluding hydrogens is 229 g/mol. The van der Waals surface area contributed by atoms with Crippen LogP contribution in [0.5, 0.6) is 0 Å². The lowest BCUT2D eigenvalue weighted by Crippen LogP contribution is -1.80. The van der Waals surface area contributed by atoms with Gasteiger partial charge in [0, 0.05) is 17.0 Å². The van der Waals surface area contributed by atoms with Crippen LogP contribution in [0.1, 0.15) is 5.56 Å². The Morgan fingerprint density at radius 2 is 1.72 bits per heavy atom. The van der Waals surface area contributed by atoms with Gasteiger partial charge in [-0.3, -0.25) is 4.99 Å². The van der Waals surface area contributed by atoms with Gasteiger partial charge in [-0.1, -0.05) is 12.1 Å². The molecule has 18 heavy (non-hydrogen) atoms. The summed E-state index contributed by atoms with van der Waals surface area (Å²) in [5.41, 5.74) is 1.71. The van der Waals surface area contributed by atoms with Gasteiger partial charge in [-0.15, -0.1) is 0 Å². The molecule has 1 aromatic heterocycles. The number of aliphatic imine (C=N–C) groups is 1. The zero-order chi connectivity index (χ0) is 12.4. The summed E-state index contributed by atoms with van der Waals surface area (Å²) >= 11 is 0. The number of nitrogens with zero attached hydrogens (tertiary/aromatic N) is 1. The van der Waals surface area contributed by atoms with Gasteiger partial charge in [0.05, 0.1) is 18.2 Å². The third kappa shape index (κ3) is 2.15. The Hall–Kier alpha value is -2.42. The van der Waals surface area contributed by atoms with Crippen molar-refractivity contribution in [3.8, 4) is 0 Å². The summed E-state index contributed by atoms with van der Waals surface area (Å²) in [6.07, 6.45) is 5.09. The molecule has 0 bridgehead atoms. The number of halogens is 1. The van der Waals surface area contributed by atoms with E-state index in [1.807, 2.05) is 18.2 Å². The molecule has 2 aromatic carbocycles. The molecule has 0 saturated heterocycles. The quantitative estimate of drug-likeness (QED) is 0.611. The lowest BCUT2D eigenvalue weighted by molar-refractivity contribution is 0.572. The third-order valence-corrected chi connectivity index (χ3v) is 2.69. The highest BCUT2D eigenvalue weighted by molar-refractivity contribution is 5.86. The van der Waals surface area contributed by atoms with Gasteiger partial charge >= 0.3 is 0 Å². The third-order valence-electron chi connectivity index (χ3n) is 2.69. The summed E-state index contributed by atoms with van der Waals surface area (Å²) in [5, 5.41) is 2.07. The Labute approximate surface area is 103 Å². The SMILES string of the molecule is Fc1ccc(C=Nc2ccc3cocc3c2)cc1. The molecule has 2 nitrogen and oxygen atoms in total. The Kier molecular flexibility index (Phi) is 2.65. The minimum Gasteiger partial charge on any atom is -0.471 e. The van der Waals surface area contributed by atoms with E-state index in [-0.39, 0.29) is 5.82 Å². The molecule has 0 N–H and O–H groups in total. The Morgan fingerprint density at radius 3 is 2.56 bits per heavy atom. The van der Waals surface area contributed by atoms with Crippen LogP contribution in [0.3, 0.4) is 0 Å². The Bertz CT molecular complexity index is 698. The molecule has 3 rings (SSSR count). The molecular formula is C15H10FNO. The van der Waals surface area contributed by atoms with Crippen LogP contribution in [0.4, 0.5) is 10.1 Å². The number of rotatable bonds is 2. The van der Waals surface area contributed by atoms with E-state index >= 15 is 0 Å². The van der Waals surface area contributed by atoms with Crippen molar-refractivity contribution in [2.45, 2.75) is 0 Å². The zero-order valence-corrected chi connectivity index (χ0v) is 9.51. The van der Waals surface area contributed by atoms with Crippen LogP contribution in [0.2, 0.25) is 0 Å². The number of fused-ring (bicyclic) bond motifs is 1. The van der Waals surface area contributed by atoms with Crippen molar-refractivity contribution in [3.05, 3.63) is 66.4 Å². The average Bonchev–Trinajstić information content (AvgIpc) is 2.85. The number of hydrogen-bond acceptors (Lipinski definition) is 2. The molecule has 0 radical (unpaired) electrons. The monoisotopic (exact) mass is 239 g/mol. The fourth-order valence-corrected chi connectivity index (χ4v) is 1.73. The van der Waals surface area contributed by atoms with E-state index in [0.29, 0.717) is 0 Å². The van der Waals surface area contributed by atoms with E-state index in [1.54, 1.807) is 30.9 Å². The summed E-state index contributed by atoms with van der Waals surface area (Å²) in [4.78, 5) is 4.35. The normalized spacial score (nSPS) is 11.4. The molecule has 0 spiro atoms. The van der Waals surface area contributed by atoms with Crippen LogP contribution in [-0.4, -0.2) is 6.21 Å². The van der Waals surface area contributed by atoms with E-state index in [4.69, 9.17) is 4.42 Å². The fourth-order valence-electron chi connectivity index (χ4n) is 1.73. The second-order valence-electron chi connectivity index (χ2n) is 3.99. The molecule has 0 aliphatic heterocycles. The highest BCUT2D eigenvalue weighted by atomic mass is 19.1. The van der Waals surface area contributed by atoms with Crippen LogP contribution in [-0.2, 0) is 0 Å². The molecule has 0 atom stereocenters. The van der Waals surface area contributed by atoms with Crippen LogP contribution in [0, 0.1) is 5.82 Å². The highest BCUT2D eigenvalue weighted by Gasteiger charge is 1.96. The van der Waals surface area contributed by atoms with Gasteiger partial charge in [0.15, 0.2) is 0 Å². The fraction of sp³-hybridized carbons (Fsp3) is 0. The van der Waals surface area contributed by atoms with Crippen molar-refractivity contribution in [3.63, 3.8) is 0 Å². The highest BCUT2D eigenvalue weighted by Crippen LogP contribution is 2.21. The first kappa shape index (κ1) is 10.7. The summed E-state index contributed by atoms with van der Waals surface area (Å²) in [6.45, 7) is 0. The molecule has 0 aliphatic rings. The van der Waals surface area contributed by atoms with Gasteiger partial charge in [-0.05, 0) is 35.9 Å². The van der Waals surface area contributed by atoms with Crippen LogP contribution in [0.15, 0.2) is 64.4 Å². The van der Waals surface area contributed by atoms with Gasteiger partial charge in [-0.25, -0.2) is 4.39 Å². The molecule has 3 aromatic rings. The van der Waals surface area contributed by atoms with Crippen molar-refractivity contribution in [2.75, 3.05) is 0 Å². The molecule has 0 saturated carbocycles. The second-order valence-corrected chi connectivity index (χ2v) is 3.99. The predicted octanol–water partition coefficient (Wildman–Crippen LogP) is 4.32. The van der Waals surface area contributed by atoms with Crippen molar-refractivity contribution in [1.82, 2.24) is 0 Å². The smallest absolute Gasteiger partial charge is 0.123 e. The zero-order valence-electron chi connectivity index (χ0n) is 9.51. The van der Waals surface area contributed by atoms with Crippen molar-refractivity contribution in [1.29, 1.82) is 0 Å². The summed E-state index contributed by atoms with van der Waals surface area (Å²) in [6, 6.07) is 12.0. The Balaban J connectivity index is 1.88. The number of hydrogen-bond donors (Lipinski definition) is 0. The van der Waals surface area contributed by atoms with Gasteiger partial charge in [0.25, 0.3) is 0 Å². The topological polar surface area (TPSA) is 25.5 Å². The minimum atomic E-state index is -0.244. The maximum absolute atomic E-state index is 12.7. The van der Waals surface area contributed by atoms with Crippen molar-refractivity contribution < 1.29 is 8.81 Å². The van der Waals surface area contributed by atoms with Gasteiger partial charge < -0.3 is 4.42 Å². The van der Waals surface area contributed by atoms with Crippen molar-refractivity contribution >= 4 is 22.7 Å². The Morgan fingerprint density at radius 1 is 0.944 bits per heavy atom. The lowest BCUT2D eigenvalue weighted by atomic mass is 10.2. The molecule has 0 amide bonds. The summed E-state index contributed by atoms with van der Waals surface area (Å²) < 4.78 is 17.8. The average molecular weight is 239 g/mol. The van der Waals surface area contributed by atoms with E-state index < -0.39 is 0 Å². The van der Waals surface area contributed by atoms with E-state index in [2.05, 4.69) is 4.99 Å². The van der Waals surface area contributed by atoms with E-state index in [1.165, 1.54) is 12.1 Å². The van der Waals surface area contributed by atoms with Crippen LogP contribution >= 0.6 is 0 Å². The van der Waals surface area contributed by atoms with Crippen molar-refractivity contribution in [2.24, 2.45) is 4.99 Å². The van der Waals surface area contributed by atoms with Crippen LogP contribution < -0.4 is 0 Å². The van der Waals surface area contributed by atoms with E-state index in [9.17, 15) is 4.39 Å². The first-order valence-electron chi connectivity index (χ1n) is 5.57. The molecule has 88 valence electrons. The molecule has 0 aliphatic carbocycles. The maximum Gasteiger partial charge on any atom is 0.123 e. The van der Waals surface area contributed by atoms with Crippen LogP contribution in [0.25, 0.3) is 10.8 Å². The number of benzene rings is 2. The standard InChI is InChI=1S/C15H10FNO/c16-14-4-1-11(2-5-14)8-17-15-6-3-12-9-18-10-13(12)7-15/h1-10H. The molecule has 0 fully saturated rings. The summed E-state index contributed by atoms with van der Waals surface area (Å²) in [5.74, 6) is -0.244. The summed E-state index contributed by atoms with van der Waals surface area (Å²) in [7, 11) is 0. The maximum atomic E-state index is 12.7. The second kappa shape index (κ2) is 4.45. The first-order chi connectivity index (χ1) is 8.81. The van der Waals surface area contributed by atoms with E-state index in [0.717, 1.165) is 22.0 Å². The van der Waals surface area contributed by atoms with Gasteiger partial charge in [0.2, 0.25) is 0 Å². The first-order valence-corrected chi connectivity index (χ1v) is 5.57.